The van der Waals surface area contributed by atoms with Gasteiger partial charge in [-0.1, -0.05) is 59.1 Å². The second-order valence-corrected chi connectivity index (χ2v) is 9.06. The van der Waals surface area contributed by atoms with E-state index in [-0.39, 0.29) is 11.5 Å². The van der Waals surface area contributed by atoms with Crippen molar-refractivity contribution in [2.75, 3.05) is 6.73 Å². The number of benzene rings is 3. The third-order valence-electron chi connectivity index (χ3n) is 5.78. The highest BCUT2D eigenvalue weighted by Gasteiger charge is 2.33. The molecule has 0 spiro atoms. The molecule has 0 atom stereocenters. The molecule has 0 saturated carbocycles. The molecule has 3 aromatic carbocycles. The summed E-state index contributed by atoms with van der Waals surface area (Å²) in [7, 11) is 0. The molecule has 162 valence electrons. The molecule has 2 aliphatic heterocycles. The van der Waals surface area contributed by atoms with Crippen LogP contribution in [0.5, 0.6) is 11.5 Å². The van der Waals surface area contributed by atoms with Crippen LogP contribution in [-0.2, 0) is 13.1 Å². The second kappa shape index (κ2) is 8.28. The molecule has 0 saturated heterocycles. The second-order valence-electron chi connectivity index (χ2n) is 8.22. The molecule has 4 nitrogen and oxygen atoms in total. The molecule has 0 N–H and O–H groups in total. The summed E-state index contributed by atoms with van der Waals surface area (Å²) < 4.78 is 12.1. The molecule has 32 heavy (non-hydrogen) atoms. The maximum atomic E-state index is 13.1. The Hall–Kier alpha value is -2.79. The van der Waals surface area contributed by atoms with Gasteiger partial charge >= 0.3 is 0 Å². The number of hydrogen-bond donors (Lipinski definition) is 0. The van der Waals surface area contributed by atoms with Crippen LogP contribution >= 0.6 is 23.2 Å². The van der Waals surface area contributed by atoms with Crippen molar-refractivity contribution >= 4 is 35.1 Å². The van der Waals surface area contributed by atoms with Gasteiger partial charge in [-0.25, -0.2) is 0 Å². The first-order valence-corrected chi connectivity index (χ1v) is 11.1. The van der Waals surface area contributed by atoms with Gasteiger partial charge in [-0.15, -0.1) is 0 Å². The Morgan fingerprint density at radius 2 is 1.81 bits per heavy atom. The van der Waals surface area contributed by atoms with Gasteiger partial charge in [-0.3, -0.25) is 9.69 Å². The third kappa shape index (κ3) is 3.90. The van der Waals surface area contributed by atoms with Crippen molar-refractivity contribution in [2.45, 2.75) is 26.9 Å². The van der Waals surface area contributed by atoms with Gasteiger partial charge in [-0.05, 0) is 49.2 Å². The average molecular weight is 466 g/mol. The van der Waals surface area contributed by atoms with E-state index < -0.39 is 0 Å². The van der Waals surface area contributed by atoms with Gasteiger partial charge in [0.25, 0.3) is 0 Å². The average Bonchev–Trinajstić information content (AvgIpc) is 3.08. The maximum absolute atomic E-state index is 13.1. The zero-order valence-corrected chi connectivity index (χ0v) is 19.3. The lowest BCUT2D eigenvalue weighted by Crippen LogP contribution is -2.32. The van der Waals surface area contributed by atoms with Crippen LogP contribution in [0.3, 0.4) is 0 Å². The number of carbonyl (C=O) groups excluding carboxylic acids is 1. The highest BCUT2D eigenvalue weighted by Crippen LogP contribution is 2.43. The van der Waals surface area contributed by atoms with E-state index in [1.807, 2.05) is 13.0 Å². The zero-order chi connectivity index (χ0) is 22.4. The molecule has 0 aromatic heterocycles. The normalized spacial score (nSPS) is 16.5. The Bertz CT molecular complexity index is 1270. The molecule has 0 radical (unpaired) electrons. The summed E-state index contributed by atoms with van der Waals surface area (Å²) in [5, 5.41) is 0.999. The van der Waals surface area contributed by atoms with Crippen molar-refractivity contribution in [3.8, 4) is 11.5 Å². The van der Waals surface area contributed by atoms with E-state index in [0.717, 1.165) is 23.4 Å². The Morgan fingerprint density at radius 3 is 2.56 bits per heavy atom. The summed E-state index contributed by atoms with van der Waals surface area (Å²) in [5.41, 5.74) is 5.52. The number of allylic oxidation sites excluding steroid dienone is 1. The van der Waals surface area contributed by atoms with Crippen LogP contribution in [0.25, 0.3) is 6.08 Å². The van der Waals surface area contributed by atoms with Crippen molar-refractivity contribution in [3.05, 3.63) is 97.7 Å². The Balaban J connectivity index is 1.42. The molecule has 6 heteroatoms. The minimum absolute atomic E-state index is 0.160. The summed E-state index contributed by atoms with van der Waals surface area (Å²) >= 11 is 12.2. The number of ether oxygens (including phenoxy) is 2. The quantitative estimate of drug-likeness (QED) is 0.409. The van der Waals surface area contributed by atoms with Gasteiger partial charge in [-0.2, -0.15) is 0 Å². The van der Waals surface area contributed by atoms with Gasteiger partial charge in [0.1, 0.15) is 18.2 Å². The Morgan fingerprint density at radius 1 is 1.03 bits per heavy atom. The number of nitrogens with zero attached hydrogens (tertiary/aromatic N) is 1. The van der Waals surface area contributed by atoms with Crippen LogP contribution in [0, 0.1) is 13.8 Å². The van der Waals surface area contributed by atoms with Gasteiger partial charge in [0.2, 0.25) is 5.78 Å². The minimum atomic E-state index is -0.160. The lowest BCUT2D eigenvalue weighted by Gasteiger charge is -2.30. The maximum Gasteiger partial charge on any atom is 0.231 e. The predicted molar refractivity (Wildman–Crippen MR) is 126 cm³/mol. The zero-order valence-electron chi connectivity index (χ0n) is 17.7. The third-order valence-corrected chi connectivity index (χ3v) is 6.34. The smallest absolute Gasteiger partial charge is 0.231 e. The lowest BCUT2D eigenvalue weighted by molar-refractivity contribution is 0.0876. The first-order valence-electron chi connectivity index (χ1n) is 10.4. The summed E-state index contributed by atoms with van der Waals surface area (Å²) in [4.78, 5) is 15.3. The van der Waals surface area contributed by atoms with Crippen molar-refractivity contribution in [3.63, 3.8) is 0 Å². The van der Waals surface area contributed by atoms with Gasteiger partial charge < -0.3 is 9.47 Å². The van der Waals surface area contributed by atoms with Crippen LogP contribution in [0.15, 0.2) is 54.3 Å². The van der Waals surface area contributed by atoms with E-state index in [1.54, 1.807) is 24.3 Å². The Kier molecular flexibility index (Phi) is 5.46. The number of carbonyl (C=O) groups is 1. The van der Waals surface area contributed by atoms with Crippen molar-refractivity contribution in [1.29, 1.82) is 0 Å². The van der Waals surface area contributed by atoms with Crippen molar-refractivity contribution in [2.24, 2.45) is 0 Å². The van der Waals surface area contributed by atoms with Crippen LogP contribution in [0.1, 0.15) is 38.2 Å². The predicted octanol–water partition coefficient (Wildman–Crippen LogP) is 6.58. The molecule has 0 amide bonds. The van der Waals surface area contributed by atoms with Crippen LogP contribution in [0.4, 0.5) is 0 Å². The number of aryl methyl sites for hydroxylation is 1. The van der Waals surface area contributed by atoms with E-state index in [4.69, 9.17) is 32.7 Å². The topological polar surface area (TPSA) is 38.8 Å². The number of rotatable bonds is 3. The largest absolute Gasteiger partial charge is 0.477 e. The first-order chi connectivity index (χ1) is 15.4. The fourth-order valence-corrected chi connectivity index (χ4v) is 4.57. The summed E-state index contributed by atoms with van der Waals surface area (Å²) in [5.74, 6) is 1.43. The standard InChI is InChI=1S/C26H21Cl2NO3/c1-15-3-5-17(6-4-15)12-29-13-19-9-21-24(30)23(10-18-7-8-20(27)11-22(18)28)32-26(21)16(2)25(19)31-14-29/h3-11H,12-14H2,1-2H3/b23-10-. The molecule has 5 rings (SSSR count). The van der Waals surface area contributed by atoms with Gasteiger partial charge in [0, 0.05) is 34.3 Å². The minimum Gasteiger partial charge on any atom is -0.477 e. The fraction of sp³-hybridized carbons (Fsp3) is 0.192. The van der Waals surface area contributed by atoms with E-state index in [9.17, 15) is 4.79 Å². The fourth-order valence-electron chi connectivity index (χ4n) is 4.11. The monoisotopic (exact) mass is 465 g/mol. The number of ketones is 1. The Labute approximate surface area is 197 Å². The van der Waals surface area contributed by atoms with Crippen molar-refractivity contribution in [1.82, 2.24) is 4.90 Å². The molecule has 3 aromatic rings. The molecule has 2 heterocycles. The van der Waals surface area contributed by atoms with E-state index >= 15 is 0 Å². The van der Waals surface area contributed by atoms with Crippen LogP contribution in [0.2, 0.25) is 10.0 Å². The lowest BCUT2D eigenvalue weighted by atomic mass is 9.99. The van der Waals surface area contributed by atoms with Gasteiger partial charge in [0.15, 0.2) is 5.76 Å². The molecule has 0 fully saturated rings. The molecule has 0 bridgehead atoms. The molecular weight excluding hydrogens is 445 g/mol. The molecular formula is C26H21Cl2NO3. The SMILES string of the molecule is Cc1ccc(CN2COc3c(cc4c(c3C)O/C(=C\c3ccc(Cl)cc3Cl)C4=O)C2)cc1. The summed E-state index contributed by atoms with van der Waals surface area (Å²) in [6, 6.07) is 15.5. The number of halogens is 2. The van der Waals surface area contributed by atoms with E-state index in [1.165, 1.54) is 11.1 Å². The van der Waals surface area contributed by atoms with Gasteiger partial charge in [0.05, 0.1) is 5.56 Å². The number of Topliss-reactive ketones (excluding diaryl/α,β-unsaturated/α-hetero) is 1. The number of hydrogen-bond acceptors (Lipinski definition) is 4. The molecule has 0 unspecified atom stereocenters. The molecule has 0 aliphatic carbocycles. The summed E-state index contributed by atoms with van der Waals surface area (Å²) in [6.07, 6.45) is 1.66. The highest BCUT2D eigenvalue weighted by atomic mass is 35.5. The highest BCUT2D eigenvalue weighted by molar-refractivity contribution is 6.35. The van der Waals surface area contributed by atoms with Crippen LogP contribution < -0.4 is 9.47 Å². The first kappa shape index (κ1) is 21.1. The summed E-state index contributed by atoms with van der Waals surface area (Å²) in [6.45, 7) is 5.97. The number of fused-ring (bicyclic) bond motifs is 2. The van der Waals surface area contributed by atoms with E-state index in [2.05, 4.69) is 36.1 Å². The van der Waals surface area contributed by atoms with Crippen LogP contribution in [-0.4, -0.2) is 17.4 Å². The van der Waals surface area contributed by atoms with Crippen molar-refractivity contribution < 1.29 is 14.3 Å². The molecule has 2 aliphatic rings. The van der Waals surface area contributed by atoms with E-state index in [0.29, 0.717) is 40.2 Å².